The molecule has 1 saturated carbocycles. The Hall–Kier alpha value is -3.93. The molecule has 2 amide bonds. The zero-order chi connectivity index (χ0) is 30.8. The number of amides is 2. The van der Waals surface area contributed by atoms with E-state index in [1.807, 2.05) is 35.2 Å². The lowest BCUT2D eigenvalue weighted by atomic mass is 9.80. The number of azide groups is 1. The third-order valence-corrected chi connectivity index (χ3v) is 8.55. The number of carbonyl (C=O) groups is 4. The second-order valence-corrected chi connectivity index (χ2v) is 11.4. The fourth-order valence-electron chi connectivity index (χ4n) is 6.48. The van der Waals surface area contributed by atoms with Crippen molar-refractivity contribution in [2.75, 3.05) is 26.7 Å². The number of hydrogen-bond acceptors (Lipinski definition) is 9. The Morgan fingerprint density at radius 2 is 1.93 bits per heavy atom. The highest BCUT2D eigenvalue weighted by Gasteiger charge is 2.57. The molecule has 5 atom stereocenters. The number of hydroxylamine groups is 1. The molecule has 1 aromatic carbocycles. The Balaban J connectivity index is 1.57. The molecule has 0 spiro atoms. The lowest BCUT2D eigenvalue weighted by Crippen LogP contribution is -2.54. The van der Waals surface area contributed by atoms with Crippen molar-refractivity contribution < 1.29 is 33.9 Å². The number of ether oxygens (including phenoxy) is 2. The maximum absolute atomic E-state index is 13.3. The highest BCUT2D eigenvalue weighted by molar-refractivity contribution is 5.96. The van der Waals surface area contributed by atoms with Gasteiger partial charge in [-0.2, -0.15) is 0 Å². The number of fused-ring (bicyclic) bond motifs is 1. The minimum atomic E-state index is -0.773. The van der Waals surface area contributed by atoms with Gasteiger partial charge in [-0.05, 0) is 67.2 Å². The van der Waals surface area contributed by atoms with Gasteiger partial charge in [0.25, 0.3) is 0 Å². The summed E-state index contributed by atoms with van der Waals surface area (Å²) in [5, 5.41) is 15.0. The first kappa shape index (κ1) is 32.0. The molecule has 4 rings (SSSR count). The number of hydrogen-bond donors (Lipinski definition) is 3. The quantitative estimate of drug-likeness (QED) is 0.0493. The Morgan fingerprint density at radius 3 is 2.60 bits per heavy atom. The number of alkyl carbamates (subject to hydrolysis) is 1. The standard InChI is InChI=1S/C30H40N6O7/c1-42-29(39)22(16-19-8-4-2-5-9-19)36-18-21-17-23(37)26(20-11-12-20)27(21)28(36)24(13-15-33-35-31)43-30(40)32-14-7-3-6-10-25(38)34-41/h2,4-5,8-9,17,20,22,24,26-28,41H,3,6-7,10-16,18H2,1H3,(H,32,40)(H,34,38)/t22-,24-,26-,27-,28-/m0/s1. The third kappa shape index (κ3) is 8.34. The van der Waals surface area contributed by atoms with E-state index < -0.39 is 36.2 Å². The van der Waals surface area contributed by atoms with Crippen LogP contribution in [0.5, 0.6) is 0 Å². The van der Waals surface area contributed by atoms with Crippen LogP contribution in [0.2, 0.25) is 0 Å². The van der Waals surface area contributed by atoms with E-state index in [4.69, 9.17) is 20.2 Å². The van der Waals surface area contributed by atoms with Crippen molar-refractivity contribution in [3.05, 3.63) is 58.0 Å². The molecule has 43 heavy (non-hydrogen) atoms. The van der Waals surface area contributed by atoms with Gasteiger partial charge in [-0.15, -0.1) is 0 Å². The van der Waals surface area contributed by atoms with Crippen LogP contribution in [0.15, 0.2) is 47.1 Å². The smallest absolute Gasteiger partial charge is 0.407 e. The molecule has 13 nitrogen and oxygen atoms in total. The number of rotatable bonds is 16. The number of nitrogens with one attached hydrogen (secondary N) is 2. The summed E-state index contributed by atoms with van der Waals surface area (Å²) in [5.41, 5.74) is 12.4. The lowest BCUT2D eigenvalue weighted by molar-refractivity contribution is -0.148. The molecule has 13 heteroatoms. The molecule has 1 heterocycles. The molecule has 0 radical (unpaired) electrons. The van der Waals surface area contributed by atoms with Crippen molar-refractivity contribution in [2.24, 2.45) is 22.9 Å². The molecule has 0 bridgehead atoms. The van der Waals surface area contributed by atoms with Gasteiger partial charge in [0, 0.05) is 42.8 Å². The topological polar surface area (TPSA) is 183 Å². The van der Waals surface area contributed by atoms with Crippen LogP contribution in [-0.2, 0) is 30.3 Å². The molecule has 2 aliphatic carbocycles. The Bertz CT molecular complexity index is 1230. The third-order valence-electron chi connectivity index (χ3n) is 8.55. The molecule has 232 valence electrons. The van der Waals surface area contributed by atoms with Crippen LogP contribution in [0.1, 0.15) is 50.5 Å². The van der Waals surface area contributed by atoms with Crippen LogP contribution in [0, 0.1) is 17.8 Å². The van der Waals surface area contributed by atoms with Crippen molar-refractivity contribution >= 4 is 23.8 Å². The van der Waals surface area contributed by atoms with Crippen molar-refractivity contribution in [3.63, 3.8) is 0 Å². The van der Waals surface area contributed by atoms with Gasteiger partial charge in [0.1, 0.15) is 12.1 Å². The van der Waals surface area contributed by atoms with Gasteiger partial charge >= 0.3 is 12.1 Å². The van der Waals surface area contributed by atoms with E-state index in [0.29, 0.717) is 38.8 Å². The van der Waals surface area contributed by atoms with Gasteiger partial charge < -0.3 is 14.8 Å². The maximum atomic E-state index is 13.3. The van der Waals surface area contributed by atoms with E-state index in [-0.39, 0.29) is 42.9 Å². The predicted molar refractivity (Wildman–Crippen MR) is 155 cm³/mol. The van der Waals surface area contributed by atoms with Crippen LogP contribution in [0.3, 0.4) is 0 Å². The molecule has 1 aliphatic heterocycles. The van der Waals surface area contributed by atoms with Gasteiger partial charge in [0.05, 0.1) is 13.2 Å². The Labute approximate surface area is 250 Å². The number of nitrogens with zero attached hydrogens (tertiary/aromatic N) is 4. The van der Waals surface area contributed by atoms with E-state index in [1.54, 1.807) is 11.6 Å². The number of benzene rings is 1. The minimum Gasteiger partial charge on any atom is -0.468 e. The number of ketones is 1. The SMILES string of the molecule is COC(=O)[C@H](Cc1ccccc1)N1CC2=CC(=O)[C@H](C3CC3)[C@H]2[C@@H]1[C@H](CCN=[N+]=[N-])OC(=O)NCCCCCC(=O)NO. The average Bonchev–Trinajstić information content (AvgIpc) is 3.71. The molecule has 0 aromatic heterocycles. The molecule has 3 aliphatic rings. The zero-order valence-corrected chi connectivity index (χ0v) is 24.4. The van der Waals surface area contributed by atoms with E-state index in [9.17, 15) is 19.2 Å². The summed E-state index contributed by atoms with van der Waals surface area (Å²) in [6.45, 7) is 0.746. The minimum absolute atomic E-state index is 0.0705. The second-order valence-electron chi connectivity index (χ2n) is 11.4. The van der Waals surface area contributed by atoms with E-state index in [0.717, 1.165) is 24.0 Å². The first-order valence-electron chi connectivity index (χ1n) is 14.9. The predicted octanol–water partition coefficient (Wildman–Crippen LogP) is 3.47. The Morgan fingerprint density at radius 1 is 1.16 bits per heavy atom. The van der Waals surface area contributed by atoms with E-state index >= 15 is 0 Å². The summed E-state index contributed by atoms with van der Waals surface area (Å²) in [4.78, 5) is 55.5. The fourth-order valence-corrected chi connectivity index (χ4v) is 6.48. The summed E-state index contributed by atoms with van der Waals surface area (Å²) < 4.78 is 11.3. The van der Waals surface area contributed by atoms with Crippen molar-refractivity contribution in [3.8, 4) is 0 Å². The maximum Gasteiger partial charge on any atom is 0.407 e. The van der Waals surface area contributed by atoms with Crippen LogP contribution in [0.25, 0.3) is 10.4 Å². The number of carbonyl (C=O) groups excluding carboxylic acids is 4. The van der Waals surface area contributed by atoms with Gasteiger partial charge in [0.2, 0.25) is 5.91 Å². The molecule has 2 fully saturated rings. The van der Waals surface area contributed by atoms with E-state index in [2.05, 4.69) is 15.3 Å². The molecule has 1 saturated heterocycles. The molecular formula is C30H40N6O7. The number of methoxy groups -OCH3 is 1. The van der Waals surface area contributed by atoms with Crippen LogP contribution in [0.4, 0.5) is 4.79 Å². The zero-order valence-electron chi connectivity index (χ0n) is 24.4. The summed E-state index contributed by atoms with van der Waals surface area (Å²) >= 11 is 0. The largest absolute Gasteiger partial charge is 0.468 e. The number of allylic oxidation sites excluding steroid dienone is 1. The fraction of sp³-hybridized carbons (Fsp3) is 0.600. The highest BCUT2D eigenvalue weighted by Crippen LogP contribution is 2.52. The van der Waals surface area contributed by atoms with Gasteiger partial charge in [-0.25, -0.2) is 10.3 Å². The number of esters is 1. The molecule has 3 N–H and O–H groups in total. The van der Waals surface area contributed by atoms with E-state index in [1.165, 1.54) is 7.11 Å². The summed E-state index contributed by atoms with van der Waals surface area (Å²) in [5.74, 6) is -1.03. The van der Waals surface area contributed by atoms with Gasteiger partial charge in [-0.1, -0.05) is 41.9 Å². The van der Waals surface area contributed by atoms with Crippen molar-refractivity contribution in [1.29, 1.82) is 0 Å². The molecular weight excluding hydrogens is 556 g/mol. The summed E-state index contributed by atoms with van der Waals surface area (Å²) in [6.07, 6.45) is 4.77. The first-order chi connectivity index (χ1) is 20.9. The average molecular weight is 597 g/mol. The van der Waals surface area contributed by atoms with Gasteiger partial charge in [0.15, 0.2) is 5.78 Å². The molecule has 0 unspecified atom stereocenters. The Kier molecular flexibility index (Phi) is 11.5. The second kappa shape index (κ2) is 15.5. The monoisotopic (exact) mass is 596 g/mol. The number of likely N-dealkylation sites (tertiary alicyclic amines) is 1. The van der Waals surface area contributed by atoms with Gasteiger partial charge in [-0.3, -0.25) is 24.5 Å². The highest BCUT2D eigenvalue weighted by atomic mass is 16.6. The van der Waals surface area contributed by atoms with Crippen molar-refractivity contribution in [2.45, 2.75) is 69.6 Å². The van der Waals surface area contributed by atoms with Crippen molar-refractivity contribution in [1.82, 2.24) is 15.7 Å². The normalized spacial score (nSPS) is 22.5. The van der Waals surface area contributed by atoms with Crippen LogP contribution >= 0.6 is 0 Å². The molecule has 1 aromatic rings. The first-order valence-corrected chi connectivity index (χ1v) is 14.9. The van der Waals surface area contributed by atoms with Crippen LogP contribution < -0.4 is 10.8 Å². The summed E-state index contributed by atoms with van der Waals surface area (Å²) in [7, 11) is 1.35. The number of unbranched alkanes of at least 4 members (excludes halogenated alkanes) is 2. The summed E-state index contributed by atoms with van der Waals surface area (Å²) in [6, 6.07) is 8.40. The lowest BCUT2D eigenvalue weighted by Gasteiger charge is -2.39. The van der Waals surface area contributed by atoms with Crippen LogP contribution in [-0.4, -0.2) is 78.8 Å².